The Morgan fingerprint density at radius 3 is 2.36 bits per heavy atom. The summed E-state index contributed by atoms with van der Waals surface area (Å²) in [7, 11) is 4.70. The molecule has 122 valence electrons. The minimum atomic E-state index is -0.341. The molecule has 0 bridgehead atoms. The number of methoxy groups -OCH3 is 2. The van der Waals surface area contributed by atoms with Crippen LogP contribution < -0.4 is 4.90 Å². The fourth-order valence-electron chi connectivity index (χ4n) is 2.57. The molecule has 0 fully saturated rings. The van der Waals surface area contributed by atoms with Gasteiger partial charge in [-0.3, -0.25) is 4.79 Å². The maximum Gasteiger partial charge on any atom is 0.338 e. The van der Waals surface area contributed by atoms with Crippen LogP contribution in [0.2, 0.25) is 0 Å². The number of carbonyl (C=O) groups is 2. The second kappa shape index (κ2) is 8.41. The van der Waals surface area contributed by atoms with Crippen LogP contribution in [0.3, 0.4) is 0 Å². The highest BCUT2D eigenvalue weighted by atomic mass is 16.5. The average Bonchev–Trinajstić information content (AvgIpc) is 2.56. The summed E-state index contributed by atoms with van der Waals surface area (Å²) >= 11 is 0. The smallest absolute Gasteiger partial charge is 0.338 e. The third-order valence-corrected chi connectivity index (χ3v) is 3.84. The maximum atomic E-state index is 11.9. The molecule has 0 heterocycles. The topological polar surface area (TPSA) is 55.8 Å². The molecule has 1 rings (SSSR count). The lowest BCUT2D eigenvalue weighted by molar-refractivity contribution is -0.145. The van der Waals surface area contributed by atoms with E-state index in [1.807, 2.05) is 37.9 Å². The fraction of sp³-hybridized carbons (Fsp3) is 0.529. The molecule has 1 unspecified atom stereocenters. The third-order valence-electron chi connectivity index (χ3n) is 3.84. The average molecular weight is 307 g/mol. The van der Waals surface area contributed by atoms with E-state index in [2.05, 4.69) is 0 Å². The van der Waals surface area contributed by atoms with E-state index in [-0.39, 0.29) is 17.9 Å². The van der Waals surface area contributed by atoms with Crippen molar-refractivity contribution >= 4 is 17.6 Å². The Labute approximate surface area is 132 Å². The second-order valence-electron chi connectivity index (χ2n) is 5.16. The normalized spacial score (nSPS) is 11.7. The molecule has 0 radical (unpaired) electrons. The van der Waals surface area contributed by atoms with E-state index in [9.17, 15) is 9.59 Å². The first kappa shape index (κ1) is 18.0. The van der Waals surface area contributed by atoms with Crippen molar-refractivity contribution in [2.45, 2.75) is 26.7 Å². The SMILES string of the molecule is CCc1c(C(=O)OC)cccc1N(C)CC(CC)C(=O)OC. The number of rotatable bonds is 7. The predicted molar refractivity (Wildman–Crippen MR) is 86.2 cm³/mol. The van der Waals surface area contributed by atoms with E-state index >= 15 is 0 Å². The summed E-state index contributed by atoms with van der Waals surface area (Å²) in [5.41, 5.74) is 2.43. The molecule has 5 heteroatoms. The van der Waals surface area contributed by atoms with Crippen LogP contribution in [0.5, 0.6) is 0 Å². The van der Waals surface area contributed by atoms with Crippen LogP contribution in [0.25, 0.3) is 0 Å². The molecular weight excluding hydrogens is 282 g/mol. The summed E-state index contributed by atoms with van der Waals surface area (Å²) in [6, 6.07) is 5.55. The Balaban J connectivity index is 3.09. The molecule has 0 aliphatic rings. The van der Waals surface area contributed by atoms with Gasteiger partial charge in [0.1, 0.15) is 0 Å². The van der Waals surface area contributed by atoms with Crippen LogP contribution in [0.4, 0.5) is 5.69 Å². The second-order valence-corrected chi connectivity index (χ2v) is 5.16. The number of benzene rings is 1. The van der Waals surface area contributed by atoms with E-state index in [0.29, 0.717) is 24.9 Å². The molecule has 1 aromatic carbocycles. The number of nitrogens with zero attached hydrogens (tertiary/aromatic N) is 1. The Bertz CT molecular complexity index is 527. The first-order valence-corrected chi connectivity index (χ1v) is 7.49. The Kier molecular flexibility index (Phi) is 6.89. The van der Waals surface area contributed by atoms with Crippen molar-refractivity contribution in [3.63, 3.8) is 0 Å². The molecule has 0 saturated heterocycles. The molecule has 0 saturated carbocycles. The standard InChI is InChI=1S/C17H25NO4/c1-6-12(16(19)21-4)11-18(3)15-10-8-9-14(13(15)7-2)17(20)22-5/h8-10,12H,6-7,11H2,1-5H3. The molecule has 5 nitrogen and oxygen atoms in total. The van der Waals surface area contributed by atoms with Crippen molar-refractivity contribution in [3.05, 3.63) is 29.3 Å². The van der Waals surface area contributed by atoms with Gasteiger partial charge in [-0.15, -0.1) is 0 Å². The lowest BCUT2D eigenvalue weighted by atomic mass is 10.0. The molecular formula is C17H25NO4. The molecule has 0 N–H and O–H groups in total. The van der Waals surface area contributed by atoms with E-state index in [1.165, 1.54) is 14.2 Å². The lowest BCUT2D eigenvalue weighted by Gasteiger charge is -2.26. The Hall–Kier alpha value is -2.04. The van der Waals surface area contributed by atoms with Crippen molar-refractivity contribution in [2.75, 3.05) is 32.7 Å². The van der Waals surface area contributed by atoms with E-state index in [4.69, 9.17) is 9.47 Å². The van der Waals surface area contributed by atoms with Crippen molar-refractivity contribution in [3.8, 4) is 0 Å². The Morgan fingerprint density at radius 1 is 1.18 bits per heavy atom. The van der Waals surface area contributed by atoms with Gasteiger partial charge in [-0.2, -0.15) is 0 Å². The van der Waals surface area contributed by atoms with Gasteiger partial charge in [0.25, 0.3) is 0 Å². The van der Waals surface area contributed by atoms with Gasteiger partial charge >= 0.3 is 11.9 Å². The van der Waals surface area contributed by atoms with E-state index in [1.54, 1.807) is 6.07 Å². The summed E-state index contributed by atoms with van der Waals surface area (Å²) < 4.78 is 9.68. The van der Waals surface area contributed by atoms with Crippen LogP contribution in [0.15, 0.2) is 18.2 Å². The van der Waals surface area contributed by atoms with Gasteiger partial charge in [0, 0.05) is 19.3 Å². The first-order chi connectivity index (χ1) is 10.5. The number of ether oxygens (including phenoxy) is 2. The van der Waals surface area contributed by atoms with Crippen molar-refractivity contribution in [1.29, 1.82) is 0 Å². The Morgan fingerprint density at radius 2 is 1.86 bits per heavy atom. The molecule has 1 aromatic rings. The van der Waals surface area contributed by atoms with Gasteiger partial charge in [-0.1, -0.05) is 19.9 Å². The van der Waals surface area contributed by atoms with Gasteiger partial charge < -0.3 is 14.4 Å². The first-order valence-electron chi connectivity index (χ1n) is 7.49. The molecule has 0 amide bonds. The third kappa shape index (κ3) is 4.00. The van der Waals surface area contributed by atoms with Crippen LogP contribution in [-0.4, -0.2) is 39.8 Å². The van der Waals surface area contributed by atoms with Crippen molar-refractivity contribution in [1.82, 2.24) is 0 Å². The molecule has 0 aromatic heterocycles. The number of esters is 2. The van der Waals surface area contributed by atoms with Crippen LogP contribution in [0.1, 0.15) is 36.2 Å². The molecule has 0 spiro atoms. The number of hydrogen-bond acceptors (Lipinski definition) is 5. The van der Waals surface area contributed by atoms with Gasteiger partial charge in [0.15, 0.2) is 0 Å². The van der Waals surface area contributed by atoms with E-state index < -0.39 is 0 Å². The van der Waals surface area contributed by atoms with Crippen molar-refractivity contribution in [2.24, 2.45) is 5.92 Å². The molecule has 0 aliphatic heterocycles. The zero-order valence-electron chi connectivity index (χ0n) is 14.0. The van der Waals surface area contributed by atoms with Gasteiger partial charge in [0.05, 0.1) is 25.7 Å². The summed E-state index contributed by atoms with van der Waals surface area (Å²) in [5.74, 6) is -0.745. The quantitative estimate of drug-likeness (QED) is 0.725. The summed E-state index contributed by atoms with van der Waals surface area (Å²) in [5, 5.41) is 0. The maximum absolute atomic E-state index is 11.9. The molecule has 1 atom stereocenters. The number of hydrogen-bond donors (Lipinski definition) is 0. The monoisotopic (exact) mass is 307 g/mol. The van der Waals surface area contributed by atoms with Crippen LogP contribution >= 0.6 is 0 Å². The van der Waals surface area contributed by atoms with Crippen molar-refractivity contribution < 1.29 is 19.1 Å². The lowest BCUT2D eigenvalue weighted by Crippen LogP contribution is -2.31. The summed E-state index contributed by atoms with van der Waals surface area (Å²) in [6.07, 6.45) is 1.41. The summed E-state index contributed by atoms with van der Waals surface area (Å²) in [6.45, 7) is 4.50. The molecule has 22 heavy (non-hydrogen) atoms. The number of anilines is 1. The largest absolute Gasteiger partial charge is 0.469 e. The predicted octanol–water partition coefficient (Wildman–Crippen LogP) is 2.67. The van der Waals surface area contributed by atoms with Crippen LogP contribution in [-0.2, 0) is 20.7 Å². The van der Waals surface area contributed by atoms with Gasteiger partial charge in [-0.25, -0.2) is 4.79 Å². The fourth-order valence-corrected chi connectivity index (χ4v) is 2.57. The highest BCUT2D eigenvalue weighted by molar-refractivity contribution is 5.93. The van der Waals surface area contributed by atoms with Crippen LogP contribution in [0, 0.1) is 5.92 Å². The molecule has 0 aliphatic carbocycles. The number of carbonyl (C=O) groups excluding carboxylic acids is 2. The zero-order chi connectivity index (χ0) is 16.7. The zero-order valence-corrected chi connectivity index (χ0v) is 14.0. The summed E-state index contributed by atoms with van der Waals surface area (Å²) in [4.78, 5) is 25.6. The highest BCUT2D eigenvalue weighted by Crippen LogP contribution is 2.25. The minimum absolute atomic E-state index is 0.193. The van der Waals surface area contributed by atoms with Gasteiger partial charge in [-0.05, 0) is 30.5 Å². The minimum Gasteiger partial charge on any atom is -0.469 e. The van der Waals surface area contributed by atoms with E-state index in [0.717, 1.165) is 11.3 Å². The highest BCUT2D eigenvalue weighted by Gasteiger charge is 2.22. The van der Waals surface area contributed by atoms with Gasteiger partial charge in [0.2, 0.25) is 0 Å².